The van der Waals surface area contributed by atoms with Crippen molar-refractivity contribution in [1.29, 1.82) is 0 Å². The molecule has 2 aromatic heterocycles. The zero-order valence-electron chi connectivity index (χ0n) is 17.9. The van der Waals surface area contributed by atoms with Crippen molar-refractivity contribution in [3.05, 3.63) is 85.8 Å². The number of halogens is 6. The maximum absolute atomic E-state index is 13.8. The van der Waals surface area contributed by atoms with Gasteiger partial charge in [-0.2, -0.15) is 13.2 Å². The van der Waals surface area contributed by atoms with Crippen LogP contribution in [0.1, 0.15) is 22.8 Å². The van der Waals surface area contributed by atoms with Gasteiger partial charge in [0.05, 0.1) is 18.8 Å². The molecule has 0 fully saturated rings. The van der Waals surface area contributed by atoms with Gasteiger partial charge in [-0.15, -0.1) is 0 Å². The first-order valence-corrected chi connectivity index (χ1v) is 10.4. The first-order valence-electron chi connectivity index (χ1n) is 9.61. The number of benzene rings is 1. The van der Waals surface area contributed by atoms with Gasteiger partial charge < -0.3 is 20.1 Å². The van der Waals surface area contributed by atoms with Crippen LogP contribution in [0, 0.1) is 18.6 Å². The molecule has 0 bridgehead atoms. The standard InChI is InChI=1S/C19H17BrF2N4O2.C2HF3O2/c1-11-6-16(28-10-12-2-3-13(21)7-15(12)22)18(20)19(27)26(11)9-14-4-5-24-17(8-23)25-14;3-2(4,5)1(6)7/h2-7H,8-10,23H2,1H3;(H,6,7). The van der Waals surface area contributed by atoms with Gasteiger partial charge in [-0.05, 0) is 41.1 Å². The topological polar surface area (TPSA) is 120 Å². The van der Waals surface area contributed by atoms with Gasteiger partial charge in [0.15, 0.2) is 0 Å². The van der Waals surface area contributed by atoms with Crippen molar-refractivity contribution in [3.63, 3.8) is 0 Å². The summed E-state index contributed by atoms with van der Waals surface area (Å²) in [6.07, 6.45) is -3.49. The maximum Gasteiger partial charge on any atom is 0.490 e. The Balaban J connectivity index is 0.000000540. The van der Waals surface area contributed by atoms with E-state index in [9.17, 15) is 26.7 Å². The summed E-state index contributed by atoms with van der Waals surface area (Å²) >= 11 is 3.25. The third kappa shape index (κ3) is 7.82. The van der Waals surface area contributed by atoms with Crippen molar-refractivity contribution in [2.45, 2.75) is 32.8 Å². The molecule has 0 aliphatic heterocycles. The minimum atomic E-state index is -5.08. The van der Waals surface area contributed by atoms with Crippen molar-refractivity contribution in [3.8, 4) is 5.75 Å². The molecule has 0 aliphatic rings. The van der Waals surface area contributed by atoms with E-state index in [1.54, 1.807) is 25.3 Å². The highest BCUT2D eigenvalue weighted by Crippen LogP contribution is 2.24. The third-order valence-corrected chi connectivity index (χ3v) is 5.05. The highest BCUT2D eigenvalue weighted by atomic mass is 79.9. The fourth-order valence-corrected chi connectivity index (χ4v) is 3.04. The molecule has 2 heterocycles. The molecule has 8 nitrogen and oxygen atoms in total. The minimum Gasteiger partial charge on any atom is -0.487 e. The number of aromatic nitrogens is 3. The van der Waals surface area contributed by atoms with Crippen molar-refractivity contribution < 1.29 is 36.6 Å². The molecule has 1 aromatic carbocycles. The molecule has 0 aliphatic carbocycles. The first kappa shape index (κ1) is 27.9. The van der Waals surface area contributed by atoms with Crippen LogP contribution in [0.15, 0.2) is 45.8 Å². The Morgan fingerprint density at radius 3 is 2.46 bits per heavy atom. The van der Waals surface area contributed by atoms with Crippen LogP contribution in [-0.4, -0.2) is 31.8 Å². The summed E-state index contributed by atoms with van der Waals surface area (Å²) in [5, 5.41) is 7.12. The Morgan fingerprint density at radius 2 is 1.89 bits per heavy atom. The average molecular weight is 565 g/mol. The number of rotatable bonds is 6. The molecule has 14 heteroatoms. The number of carboxylic acid groups (broad SMARTS) is 1. The number of hydrogen-bond donors (Lipinski definition) is 2. The first-order chi connectivity index (χ1) is 16.3. The predicted octanol–water partition coefficient (Wildman–Crippen LogP) is 3.71. The van der Waals surface area contributed by atoms with Gasteiger partial charge in [0.2, 0.25) is 0 Å². The van der Waals surface area contributed by atoms with E-state index in [2.05, 4.69) is 25.9 Å². The van der Waals surface area contributed by atoms with Crippen molar-refractivity contribution >= 4 is 21.9 Å². The molecular formula is C21H18BrF5N4O4. The number of aliphatic carboxylic acids is 1. The van der Waals surface area contributed by atoms with Crippen molar-refractivity contribution in [1.82, 2.24) is 14.5 Å². The summed E-state index contributed by atoms with van der Waals surface area (Å²) in [4.78, 5) is 30.0. The van der Waals surface area contributed by atoms with Gasteiger partial charge in [-0.25, -0.2) is 23.5 Å². The van der Waals surface area contributed by atoms with E-state index in [1.165, 1.54) is 10.6 Å². The number of carbonyl (C=O) groups is 1. The van der Waals surface area contributed by atoms with Crippen LogP contribution >= 0.6 is 15.9 Å². The normalized spacial score (nSPS) is 11.0. The third-order valence-electron chi connectivity index (χ3n) is 4.32. The Morgan fingerprint density at radius 1 is 1.23 bits per heavy atom. The molecule has 0 saturated heterocycles. The van der Waals surface area contributed by atoms with Crippen LogP contribution in [0.4, 0.5) is 22.0 Å². The predicted molar refractivity (Wildman–Crippen MR) is 117 cm³/mol. The van der Waals surface area contributed by atoms with E-state index >= 15 is 0 Å². The molecule has 35 heavy (non-hydrogen) atoms. The summed E-state index contributed by atoms with van der Waals surface area (Å²) in [7, 11) is 0. The van der Waals surface area contributed by atoms with Crippen molar-refractivity contribution in [2.75, 3.05) is 0 Å². The molecule has 3 aromatic rings. The van der Waals surface area contributed by atoms with Gasteiger partial charge in [0.25, 0.3) is 5.56 Å². The lowest BCUT2D eigenvalue weighted by molar-refractivity contribution is -0.192. The van der Waals surface area contributed by atoms with Gasteiger partial charge in [-0.1, -0.05) is 0 Å². The van der Waals surface area contributed by atoms with E-state index in [0.29, 0.717) is 17.2 Å². The molecule has 3 N–H and O–H groups in total. The maximum atomic E-state index is 13.8. The van der Waals surface area contributed by atoms with Crippen LogP contribution in [0.2, 0.25) is 0 Å². The highest BCUT2D eigenvalue weighted by Gasteiger charge is 2.38. The second-order valence-corrected chi connectivity index (χ2v) is 7.64. The summed E-state index contributed by atoms with van der Waals surface area (Å²) in [6.45, 7) is 2.06. The fourth-order valence-electron chi connectivity index (χ4n) is 2.60. The second-order valence-electron chi connectivity index (χ2n) is 6.85. The van der Waals surface area contributed by atoms with Crippen LogP contribution in [0.5, 0.6) is 5.75 Å². The smallest absolute Gasteiger partial charge is 0.487 e. The minimum absolute atomic E-state index is 0.140. The lowest BCUT2D eigenvalue weighted by Gasteiger charge is -2.15. The van der Waals surface area contributed by atoms with Crippen LogP contribution in [0.25, 0.3) is 0 Å². The number of nitrogens with two attached hydrogens (primary N) is 1. The summed E-state index contributed by atoms with van der Waals surface area (Å²) in [5.41, 5.74) is 6.70. The van der Waals surface area contributed by atoms with Crippen LogP contribution in [-0.2, 0) is 24.5 Å². The number of aryl methyl sites for hydroxylation is 1. The van der Waals surface area contributed by atoms with E-state index in [-0.39, 0.29) is 41.0 Å². The molecule has 0 amide bonds. The van der Waals surface area contributed by atoms with E-state index in [0.717, 1.165) is 12.1 Å². The van der Waals surface area contributed by atoms with Gasteiger partial charge >= 0.3 is 12.1 Å². The molecule has 0 spiro atoms. The van der Waals surface area contributed by atoms with Crippen LogP contribution < -0.4 is 16.0 Å². The van der Waals surface area contributed by atoms with Crippen LogP contribution in [0.3, 0.4) is 0 Å². The molecule has 0 radical (unpaired) electrons. The molecule has 188 valence electrons. The fraction of sp³-hybridized carbons (Fsp3) is 0.238. The SMILES string of the molecule is Cc1cc(OCc2ccc(F)cc2F)c(Br)c(=O)n1Cc1ccnc(CN)n1.O=C(O)C(F)(F)F. The Bertz CT molecular complexity index is 1270. The van der Waals surface area contributed by atoms with E-state index in [4.69, 9.17) is 20.4 Å². The largest absolute Gasteiger partial charge is 0.490 e. The number of pyridine rings is 1. The quantitative estimate of drug-likeness (QED) is 0.438. The number of hydrogen-bond acceptors (Lipinski definition) is 6. The molecule has 0 atom stereocenters. The Kier molecular flexibility index (Phi) is 9.42. The number of nitrogens with zero attached hydrogens (tertiary/aromatic N) is 3. The number of carboxylic acids is 1. The van der Waals surface area contributed by atoms with Crippen molar-refractivity contribution in [2.24, 2.45) is 5.73 Å². The summed E-state index contributed by atoms with van der Waals surface area (Å²) in [6, 6.07) is 6.61. The number of ether oxygens (including phenoxy) is 1. The monoisotopic (exact) mass is 564 g/mol. The summed E-state index contributed by atoms with van der Waals surface area (Å²) in [5.74, 6) is -3.37. The highest BCUT2D eigenvalue weighted by molar-refractivity contribution is 9.10. The lowest BCUT2D eigenvalue weighted by atomic mass is 10.2. The van der Waals surface area contributed by atoms with E-state index in [1.807, 2.05) is 0 Å². The molecule has 3 rings (SSSR count). The molecule has 0 saturated carbocycles. The molecular weight excluding hydrogens is 547 g/mol. The lowest BCUT2D eigenvalue weighted by Crippen LogP contribution is -2.25. The van der Waals surface area contributed by atoms with Gasteiger partial charge in [-0.3, -0.25) is 4.79 Å². The Hall–Kier alpha value is -3.39. The average Bonchev–Trinajstić information content (AvgIpc) is 2.79. The summed E-state index contributed by atoms with van der Waals surface area (Å²) < 4.78 is 65.8. The van der Waals surface area contributed by atoms with Gasteiger partial charge in [0, 0.05) is 29.6 Å². The Labute approximate surface area is 203 Å². The van der Waals surface area contributed by atoms with E-state index < -0.39 is 23.8 Å². The number of alkyl halides is 3. The zero-order valence-corrected chi connectivity index (χ0v) is 19.5. The molecule has 0 unspecified atom stereocenters. The zero-order chi connectivity index (χ0) is 26.3. The second kappa shape index (κ2) is 11.8. The van der Waals surface area contributed by atoms with Gasteiger partial charge in [0.1, 0.15) is 34.3 Å².